The van der Waals surface area contributed by atoms with Crippen LogP contribution in [0.5, 0.6) is 5.75 Å². The Morgan fingerprint density at radius 2 is 2.15 bits per heavy atom. The first-order valence-electron chi connectivity index (χ1n) is 8.68. The number of rotatable bonds is 6. The second-order valence-corrected chi connectivity index (χ2v) is 6.50. The van der Waals surface area contributed by atoms with E-state index in [2.05, 4.69) is 14.9 Å². The molecular formula is C19H22N4O4. The quantitative estimate of drug-likeness (QED) is 0.818. The largest absolute Gasteiger partial charge is 0.482 e. The van der Waals surface area contributed by atoms with Crippen LogP contribution in [0.25, 0.3) is 11.3 Å². The van der Waals surface area contributed by atoms with Crippen LogP contribution in [-0.4, -0.2) is 69.5 Å². The molecule has 1 aromatic carbocycles. The lowest BCUT2D eigenvalue weighted by Crippen LogP contribution is -2.53. The van der Waals surface area contributed by atoms with Gasteiger partial charge in [0.15, 0.2) is 6.61 Å². The van der Waals surface area contributed by atoms with Gasteiger partial charge < -0.3 is 14.7 Å². The Balaban J connectivity index is 1.89. The van der Waals surface area contributed by atoms with E-state index < -0.39 is 12.6 Å². The van der Waals surface area contributed by atoms with Crippen molar-refractivity contribution in [1.82, 2.24) is 19.8 Å². The van der Waals surface area contributed by atoms with Crippen LogP contribution in [0.2, 0.25) is 0 Å². The monoisotopic (exact) mass is 370 g/mol. The van der Waals surface area contributed by atoms with E-state index in [9.17, 15) is 9.59 Å². The van der Waals surface area contributed by atoms with Gasteiger partial charge >= 0.3 is 5.97 Å². The summed E-state index contributed by atoms with van der Waals surface area (Å²) in [6.45, 7) is 3.32. The normalized spacial score (nSPS) is 17.8. The van der Waals surface area contributed by atoms with Gasteiger partial charge in [0.25, 0.3) is 0 Å². The number of amides is 1. The first kappa shape index (κ1) is 18.8. The fraction of sp³-hybridized carbons (Fsp3) is 0.368. The first-order chi connectivity index (χ1) is 13.0. The van der Waals surface area contributed by atoms with Crippen LogP contribution < -0.4 is 4.74 Å². The molecule has 0 saturated carbocycles. The van der Waals surface area contributed by atoms with Gasteiger partial charge in [0.1, 0.15) is 5.75 Å². The third-order valence-corrected chi connectivity index (χ3v) is 4.65. The van der Waals surface area contributed by atoms with Crippen LogP contribution in [0.3, 0.4) is 0 Å². The van der Waals surface area contributed by atoms with E-state index in [1.165, 1.54) is 0 Å². The summed E-state index contributed by atoms with van der Waals surface area (Å²) in [5.41, 5.74) is 2.38. The Bertz CT molecular complexity index is 828. The minimum Gasteiger partial charge on any atom is -0.482 e. The van der Waals surface area contributed by atoms with Crippen LogP contribution in [0.1, 0.15) is 12.5 Å². The molecule has 1 amide bonds. The number of carboxylic acid groups (broad SMARTS) is 1. The van der Waals surface area contributed by atoms with E-state index in [-0.39, 0.29) is 11.9 Å². The van der Waals surface area contributed by atoms with Crippen molar-refractivity contribution in [3.05, 3.63) is 42.4 Å². The summed E-state index contributed by atoms with van der Waals surface area (Å²) >= 11 is 0. The van der Waals surface area contributed by atoms with Gasteiger partial charge in [-0.15, -0.1) is 0 Å². The van der Waals surface area contributed by atoms with Gasteiger partial charge in [0, 0.05) is 50.2 Å². The first-order valence-corrected chi connectivity index (χ1v) is 8.68. The third kappa shape index (κ3) is 4.40. The third-order valence-electron chi connectivity index (χ3n) is 4.65. The van der Waals surface area contributed by atoms with Crippen molar-refractivity contribution in [1.29, 1.82) is 0 Å². The van der Waals surface area contributed by atoms with Crippen molar-refractivity contribution in [3.8, 4) is 17.0 Å². The summed E-state index contributed by atoms with van der Waals surface area (Å²) in [5, 5.41) is 8.92. The van der Waals surface area contributed by atoms with E-state index in [4.69, 9.17) is 9.84 Å². The molecule has 0 radical (unpaired) electrons. The maximum atomic E-state index is 12.3. The molecule has 1 N–H and O–H groups in total. The van der Waals surface area contributed by atoms with Gasteiger partial charge in [-0.25, -0.2) is 4.79 Å². The highest BCUT2D eigenvalue weighted by Gasteiger charge is 2.29. The minimum absolute atomic E-state index is 0.0688. The van der Waals surface area contributed by atoms with Crippen molar-refractivity contribution in [2.24, 2.45) is 0 Å². The zero-order valence-corrected chi connectivity index (χ0v) is 15.3. The maximum absolute atomic E-state index is 12.3. The van der Waals surface area contributed by atoms with Crippen LogP contribution in [0.15, 0.2) is 36.8 Å². The van der Waals surface area contributed by atoms with E-state index in [0.717, 1.165) is 17.7 Å². The molecule has 8 heteroatoms. The lowest BCUT2D eigenvalue weighted by molar-refractivity contribution is -0.140. The highest BCUT2D eigenvalue weighted by atomic mass is 16.5. The second kappa shape index (κ2) is 8.13. The molecule has 1 atom stereocenters. The Morgan fingerprint density at radius 1 is 1.33 bits per heavy atom. The number of piperazine rings is 1. The number of hydrogen-bond donors (Lipinski definition) is 1. The van der Waals surface area contributed by atoms with Crippen LogP contribution in [0.4, 0.5) is 0 Å². The maximum Gasteiger partial charge on any atom is 0.341 e. The van der Waals surface area contributed by atoms with Gasteiger partial charge in [-0.2, -0.15) is 0 Å². The number of ether oxygens (including phenoxy) is 1. The highest BCUT2D eigenvalue weighted by Crippen LogP contribution is 2.28. The number of hydrogen-bond acceptors (Lipinski definition) is 6. The number of carboxylic acids is 1. The van der Waals surface area contributed by atoms with E-state index in [0.29, 0.717) is 24.5 Å². The molecule has 0 unspecified atom stereocenters. The van der Waals surface area contributed by atoms with Crippen molar-refractivity contribution >= 4 is 11.9 Å². The van der Waals surface area contributed by atoms with Crippen LogP contribution in [-0.2, 0) is 16.1 Å². The predicted molar refractivity (Wildman–Crippen MR) is 98.1 cm³/mol. The molecule has 0 aliphatic carbocycles. The van der Waals surface area contributed by atoms with Gasteiger partial charge in [0.05, 0.1) is 17.9 Å². The van der Waals surface area contributed by atoms with E-state index in [1.54, 1.807) is 36.6 Å². The van der Waals surface area contributed by atoms with Gasteiger partial charge in [-0.05, 0) is 25.1 Å². The topological polar surface area (TPSA) is 95.9 Å². The summed E-state index contributed by atoms with van der Waals surface area (Å²) < 4.78 is 5.46. The van der Waals surface area contributed by atoms with Gasteiger partial charge in [-0.3, -0.25) is 19.7 Å². The van der Waals surface area contributed by atoms with Crippen molar-refractivity contribution in [2.75, 3.05) is 26.7 Å². The Hall–Kier alpha value is -3.00. The second-order valence-electron chi connectivity index (χ2n) is 6.50. The van der Waals surface area contributed by atoms with Crippen LogP contribution >= 0.6 is 0 Å². The number of aromatic nitrogens is 2. The molecule has 0 bridgehead atoms. The predicted octanol–water partition coefficient (Wildman–Crippen LogP) is 1.27. The molecule has 1 aliphatic rings. The van der Waals surface area contributed by atoms with Crippen molar-refractivity contribution in [2.45, 2.75) is 19.5 Å². The molecule has 0 spiro atoms. The fourth-order valence-electron chi connectivity index (χ4n) is 3.08. The number of carbonyl (C=O) groups is 2. The number of carbonyl (C=O) groups excluding carboxylic acids is 1. The molecule has 1 aromatic heterocycles. The van der Waals surface area contributed by atoms with Crippen molar-refractivity contribution in [3.63, 3.8) is 0 Å². The number of likely N-dealkylation sites (N-methyl/N-ethyl adjacent to an activating group) is 1. The Morgan fingerprint density at radius 3 is 2.85 bits per heavy atom. The summed E-state index contributed by atoms with van der Waals surface area (Å²) in [6.07, 6.45) is 4.89. The summed E-state index contributed by atoms with van der Waals surface area (Å²) in [5.74, 6) is -0.481. The molecule has 2 aromatic rings. The number of benzene rings is 1. The lowest BCUT2D eigenvalue weighted by atomic mass is 10.0. The summed E-state index contributed by atoms with van der Waals surface area (Å²) in [6, 6.07) is 5.22. The minimum atomic E-state index is -1.04. The fourth-order valence-corrected chi connectivity index (χ4v) is 3.08. The van der Waals surface area contributed by atoms with Gasteiger partial charge in [0.2, 0.25) is 5.91 Å². The molecule has 1 aliphatic heterocycles. The van der Waals surface area contributed by atoms with Gasteiger partial charge in [-0.1, -0.05) is 0 Å². The highest BCUT2D eigenvalue weighted by molar-refractivity contribution is 5.82. The Labute approximate surface area is 157 Å². The average molecular weight is 370 g/mol. The van der Waals surface area contributed by atoms with Crippen LogP contribution in [0, 0.1) is 0 Å². The van der Waals surface area contributed by atoms with Crippen molar-refractivity contribution < 1.29 is 19.4 Å². The molecule has 1 saturated heterocycles. The molecule has 1 fully saturated rings. The number of nitrogens with zero attached hydrogens (tertiary/aromatic N) is 4. The molecule has 2 heterocycles. The smallest absolute Gasteiger partial charge is 0.341 e. The SMILES string of the molecule is C[C@H]1C(=O)N(C)CCN1Cc1cc(-c2cnccn2)ccc1OCC(=O)O. The summed E-state index contributed by atoms with van der Waals surface area (Å²) in [7, 11) is 1.80. The molecule has 3 rings (SSSR count). The Kier molecular flexibility index (Phi) is 5.66. The molecular weight excluding hydrogens is 348 g/mol. The van der Waals surface area contributed by atoms with E-state index in [1.807, 2.05) is 19.1 Å². The standard InChI is InChI=1S/C19H22N4O4/c1-13-19(26)22(2)7-8-23(13)11-15-9-14(16-10-20-5-6-21-16)3-4-17(15)27-12-18(24)25/h3-6,9-10,13H,7-8,11-12H2,1-2H3,(H,24,25)/t13-/m0/s1. The molecule has 8 nitrogen and oxygen atoms in total. The average Bonchev–Trinajstić information content (AvgIpc) is 2.68. The summed E-state index contributed by atoms with van der Waals surface area (Å²) in [4.78, 5) is 35.3. The number of aliphatic carboxylic acids is 1. The molecule has 142 valence electrons. The molecule has 27 heavy (non-hydrogen) atoms. The lowest BCUT2D eigenvalue weighted by Gasteiger charge is -2.37. The van der Waals surface area contributed by atoms with E-state index >= 15 is 0 Å². The zero-order chi connectivity index (χ0) is 19.4. The zero-order valence-electron chi connectivity index (χ0n) is 15.3.